The molecule has 1 amide bonds. The number of aromatic nitrogens is 2. The van der Waals surface area contributed by atoms with Crippen LogP contribution >= 0.6 is 11.8 Å². The maximum absolute atomic E-state index is 12.7. The molecule has 4 rings (SSSR count). The van der Waals surface area contributed by atoms with Gasteiger partial charge in [0.1, 0.15) is 0 Å². The third-order valence-corrected chi connectivity index (χ3v) is 5.27. The number of imidazole rings is 1. The lowest BCUT2D eigenvalue weighted by Crippen LogP contribution is -2.17. The molecule has 0 unspecified atom stereocenters. The Morgan fingerprint density at radius 1 is 1.15 bits per heavy atom. The van der Waals surface area contributed by atoms with E-state index in [1.54, 1.807) is 42.1 Å². The Hall–Kier alpha value is -3.06. The molecule has 0 atom stereocenters. The monoisotopic (exact) mass is 379 g/mol. The van der Waals surface area contributed by atoms with Crippen molar-refractivity contribution in [3.05, 3.63) is 65.9 Å². The topological polar surface area (TPSA) is 73.2 Å². The van der Waals surface area contributed by atoms with Crippen LogP contribution in [0.15, 0.2) is 59.9 Å². The van der Waals surface area contributed by atoms with Gasteiger partial charge in [-0.3, -0.25) is 4.79 Å². The van der Waals surface area contributed by atoms with Crippen molar-refractivity contribution in [2.75, 3.05) is 18.2 Å². The number of hydrogen-bond donors (Lipinski definition) is 1. The van der Waals surface area contributed by atoms with Gasteiger partial charge in [-0.05, 0) is 24.3 Å². The summed E-state index contributed by atoms with van der Waals surface area (Å²) in [7, 11) is 1.29. The van der Waals surface area contributed by atoms with Crippen molar-refractivity contribution in [2.45, 2.75) is 11.7 Å². The Morgan fingerprint density at radius 2 is 1.96 bits per heavy atom. The molecule has 1 N–H and O–H groups in total. The number of thioether (sulfide) groups is 1. The van der Waals surface area contributed by atoms with E-state index in [0.29, 0.717) is 5.69 Å². The molecule has 0 bridgehead atoms. The summed E-state index contributed by atoms with van der Waals surface area (Å²) < 4.78 is 6.89. The highest BCUT2D eigenvalue weighted by Gasteiger charge is 2.18. The molecular weight excluding hydrogens is 362 g/mol. The quantitative estimate of drug-likeness (QED) is 0.700. The number of methoxy groups -OCH3 is 1. The number of hydrogen-bond acceptors (Lipinski definition) is 5. The lowest BCUT2D eigenvalue weighted by Gasteiger charge is -2.09. The highest BCUT2D eigenvalue weighted by Crippen LogP contribution is 2.30. The largest absolute Gasteiger partial charge is 0.465 e. The first kappa shape index (κ1) is 17.4. The van der Waals surface area contributed by atoms with Gasteiger partial charge in [0.05, 0.1) is 23.9 Å². The number of carbonyl (C=O) groups is 2. The minimum atomic E-state index is -0.542. The van der Waals surface area contributed by atoms with E-state index in [-0.39, 0.29) is 17.0 Å². The maximum atomic E-state index is 12.7. The van der Waals surface area contributed by atoms with Crippen LogP contribution in [0.2, 0.25) is 0 Å². The van der Waals surface area contributed by atoms with Crippen LogP contribution in [0, 0.1) is 0 Å². The molecule has 2 aromatic carbocycles. The van der Waals surface area contributed by atoms with Crippen LogP contribution in [-0.2, 0) is 11.3 Å². The first-order valence-electron chi connectivity index (χ1n) is 8.45. The van der Waals surface area contributed by atoms with Crippen molar-refractivity contribution in [3.63, 3.8) is 0 Å². The predicted octanol–water partition coefficient (Wildman–Crippen LogP) is 3.69. The minimum Gasteiger partial charge on any atom is -0.465 e. The van der Waals surface area contributed by atoms with Gasteiger partial charge in [-0.1, -0.05) is 36.0 Å². The van der Waals surface area contributed by atoms with E-state index in [4.69, 9.17) is 4.74 Å². The molecule has 1 aliphatic rings. The standard InChI is InChI=1S/C20H17N3O3S/c1-26-19(25)16-8-3-2-7-15(16)18(24)21-14-6-4-5-13(11-14)17-12-23-9-10-27-20(23)22-17/h2-8,11-12H,9-10H2,1H3,(H,21,24). The van der Waals surface area contributed by atoms with Gasteiger partial charge in [0, 0.05) is 29.7 Å². The van der Waals surface area contributed by atoms with Crippen LogP contribution in [0.25, 0.3) is 11.3 Å². The molecule has 0 aliphatic carbocycles. The minimum absolute atomic E-state index is 0.233. The molecule has 0 saturated carbocycles. The van der Waals surface area contributed by atoms with E-state index in [9.17, 15) is 9.59 Å². The number of nitrogens with one attached hydrogen (secondary N) is 1. The molecule has 27 heavy (non-hydrogen) atoms. The van der Waals surface area contributed by atoms with Gasteiger partial charge < -0.3 is 14.6 Å². The van der Waals surface area contributed by atoms with Crippen LogP contribution < -0.4 is 5.32 Å². The van der Waals surface area contributed by atoms with Crippen LogP contribution in [0.4, 0.5) is 5.69 Å². The van der Waals surface area contributed by atoms with Crippen LogP contribution in [0.5, 0.6) is 0 Å². The van der Waals surface area contributed by atoms with E-state index in [0.717, 1.165) is 28.7 Å². The molecule has 0 spiro atoms. The normalized spacial score (nSPS) is 12.5. The zero-order valence-electron chi connectivity index (χ0n) is 14.6. The number of esters is 1. The maximum Gasteiger partial charge on any atom is 0.338 e. The number of anilines is 1. The van der Waals surface area contributed by atoms with Crippen LogP contribution in [0.3, 0.4) is 0 Å². The average molecular weight is 379 g/mol. The van der Waals surface area contributed by atoms with Gasteiger partial charge in [-0.2, -0.15) is 0 Å². The van der Waals surface area contributed by atoms with Gasteiger partial charge in [0.2, 0.25) is 0 Å². The zero-order valence-corrected chi connectivity index (χ0v) is 15.5. The molecule has 2 heterocycles. The van der Waals surface area contributed by atoms with Crippen molar-refractivity contribution in [3.8, 4) is 11.3 Å². The third kappa shape index (κ3) is 3.46. The van der Waals surface area contributed by atoms with Gasteiger partial charge in [0.25, 0.3) is 5.91 Å². The van der Waals surface area contributed by atoms with Crippen molar-refractivity contribution < 1.29 is 14.3 Å². The number of fused-ring (bicyclic) bond motifs is 1. The molecular formula is C20H17N3O3S. The molecule has 7 heteroatoms. The molecule has 136 valence electrons. The number of amides is 1. The fourth-order valence-electron chi connectivity index (χ4n) is 2.97. The lowest BCUT2D eigenvalue weighted by molar-refractivity contribution is 0.0597. The summed E-state index contributed by atoms with van der Waals surface area (Å²) in [6, 6.07) is 14.1. The summed E-state index contributed by atoms with van der Waals surface area (Å²) in [6.45, 7) is 0.966. The first-order chi connectivity index (χ1) is 13.2. The second kappa shape index (κ2) is 7.28. The van der Waals surface area contributed by atoms with E-state index in [2.05, 4.69) is 14.9 Å². The van der Waals surface area contributed by atoms with Crippen molar-refractivity contribution >= 4 is 29.3 Å². The molecule has 0 radical (unpaired) electrons. The highest BCUT2D eigenvalue weighted by molar-refractivity contribution is 7.99. The van der Waals surface area contributed by atoms with E-state index >= 15 is 0 Å². The fraction of sp³-hybridized carbons (Fsp3) is 0.150. The number of ether oxygens (including phenoxy) is 1. The predicted molar refractivity (Wildman–Crippen MR) is 104 cm³/mol. The summed E-state index contributed by atoms with van der Waals surface area (Å²) in [5, 5.41) is 3.87. The van der Waals surface area contributed by atoms with Crippen LogP contribution in [0.1, 0.15) is 20.7 Å². The van der Waals surface area contributed by atoms with Gasteiger partial charge >= 0.3 is 5.97 Å². The molecule has 1 aromatic heterocycles. The summed E-state index contributed by atoms with van der Waals surface area (Å²) in [5.74, 6) is 0.147. The van der Waals surface area contributed by atoms with Crippen molar-refractivity contribution in [1.29, 1.82) is 0 Å². The zero-order chi connectivity index (χ0) is 18.8. The number of rotatable bonds is 4. The Morgan fingerprint density at radius 3 is 2.74 bits per heavy atom. The van der Waals surface area contributed by atoms with Gasteiger partial charge in [0.15, 0.2) is 5.16 Å². The SMILES string of the molecule is COC(=O)c1ccccc1C(=O)Nc1cccc(-c2cn3c(n2)SCC3)c1. The van der Waals surface area contributed by atoms with Gasteiger partial charge in [-0.15, -0.1) is 0 Å². The fourth-order valence-corrected chi connectivity index (χ4v) is 3.92. The summed E-state index contributed by atoms with van der Waals surface area (Å²) in [5.41, 5.74) is 2.95. The summed E-state index contributed by atoms with van der Waals surface area (Å²) in [6.07, 6.45) is 2.03. The third-order valence-electron chi connectivity index (χ3n) is 4.30. The number of carbonyl (C=O) groups excluding carboxylic acids is 2. The molecule has 3 aromatic rings. The average Bonchev–Trinajstić information content (AvgIpc) is 3.30. The van der Waals surface area contributed by atoms with Gasteiger partial charge in [-0.25, -0.2) is 9.78 Å². The van der Waals surface area contributed by atoms with E-state index in [1.807, 2.05) is 24.4 Å². The number of nitrogens with zero attached hydrogens (tertiary/aromatic N) is 2. The Labute approximate surface area is 160 Å². The lowest BCUT2D eigenvalue weighted by atomic mass is 10.1. The molecule has 0 fully saturated rings. The molecule has 1 aliphatic heterocycles. The Kier molecular flexibility index (Phi) is 4.68. The van der Waals surface area contributed by atoms with Crippen LogP contribution in [-0.4, -0.2) is 34.3 Å². The first-order valence-corrected chi connectivity index (χ1v) is 9.43. The van der Waals surface area contributed by atoms with Crippen molar-refractivity contribution in [2.24, 2.45) is 0 Å². The second-order valence-electron chi connectivity index (χ2n) is 6.02. The summed E-state index contributed by atoms with van der Waals surface area (Å²) >= 11 is 1.74. The highest BCUT2D eigenvalue weighted by atomic mass is 32.2. The number of benzene rings is 2. The van der Waals surface area contributed by atoms with Crippen molar-refractivity contribution in [1.82, 2.24) is 9.55 Å². The summed E-state index contributed by atoms with van der Waals surface area (Å²) in [4.78, 5) is 29.2. The second-order valence-corrected chi connectivity index (χ2v) is 7.08. The Balaban J connectivity index is 1.58. The molecule has 0 saturated heterocycles. The smallest absolute Gasteiger partial charge is 0.338 e. The van der Waals surface area contributed by atoms with E-state index in [1.165, 1.54) is 7.11 Å². The number of aryl methyl sites for hydroxylation is 1. The van der Waals surface area contributed by atoms with E-state index < -0.39 is 5.97 Å². The Bertz CT molecular complexity index is 1010. The molecule has 6 nitrogen and oxygen atoms in total.